The lowest BCUT2D eigenvalue weighted by molar-refractivity contribution is 0.588. The van der Waals surface area contributed by atoms with Crippen LogP contribution in [0.3, 0.4) is 0 Å². The van der Waals surface area contributed by atoms with Crippen molar-refractivity contribution in [1.29, 1.82) is 0 Å². The third kappa shape index (κ3) is 2.21. The number of hydrogen-bond donors (Lipinski definition) is 2. The highest BCUT2D eigenvalue weighted by atomic mass is 32.2. The van der Waals surface area contributed by atoms with Crippen LogP contribution >= 0.6 is 0 Å². The Bertz CT molecular complexity index is 421. The molecule has 1 aromatic heterocycles. The Balaban J connectivity index is 1.87. The smallest absolute Gasteiger partial charge is 0.173 e. The van der Waals surface area contributed by atoms with E-state index in [-0.39, 0.29) is 11.8 Å². The number of sulfone groups is 1. The first-order chi connectivity index (χ1) is 6.66. The van der Waals surface area contributed by atoms with E-state index in [0.717, 1.165) is 5.69 Å². The predicted molar refractivity (Wildman–Crippen MR) is 52.1 cm³/mol. The SMILES string of the molecule is O=S1(=O)C=CC(NCc2ccn[nH]2)C1. The summed E-state index contributed by atoms with van der Waals surface area (Å²) >= 11 is 0. The molecule has 0 fully saturated rings. The molecule has 0 radical (unpaired) electrons. The Morgan fingerprint density at radius 2 is 2.50 bits per heavy atom. The Labute approximate surface area is 82.1 Å². The molecule has 0 aliphatic carbocycles. The van der Waals surface area contributed by atoms with Gasteiger partial charge < -0.3 is 5.32 Å². The average Bonchev–Trinajstić information content (AvgIpc) is 2.70. The third-order valence-corrected chi connectivity index (χ3v) is 3.44. The lowest BCUT2D eigenvalue weighted by Crippen LogP contribution is -2.29. The van der Waals surface area contributed by atoms with E-state index in [4.69, 9.17) is 0 Å². The van der Waals surface area contributed by atoms with E-state index in [1.807, 2.05) is 6.07 Å². The molecule has 0 saturated carbocycles. The lowest BCUT2D eigenvalue weighted by Gasteiger charge is -2.07. The standard InChI is InChI=1S/C8H11N3O2S/c12-14(13)4-2-8(6-14)9-5-7-1-3-10-11-7/h1-4,8-9H,5-6H2,(H,10,11). The van der Waals surface area contributed by atoms with Crippen LogP contribution in [-0.4, -0.2) is 30.4 Å². The minimum Gasteiger partial charge on any atom is -0.304 e. The fraction of sp³-hybridized carbons (Fsp3) is 0.375. The Hall–Kier alpha value is -1.14. The second-order valence-electron chi connectivity index (χ2n) is 3.23. The van der Waals surface area contributed by atoms with Crippen molar-refractivity contribution >= 4 is 9.84 Å². The van der Waals surface area contributed by atoms with Crippen LogP contribution in [0, 0.1) is 0 Å². The quantitative estimate of drug-likeness (QED) is 0.729. The first-order valence-electron chi connectivity index (χ1n) is 4.28. The minimum absolute atomic E-state index is 0.0803. The second kappa shape index (κ2) is 3.55. The maximum atomic E-state index is 11.1. The van der Waals surface area contributed by atoms with Crippen molar-refractivity contribution in [2.45, 2.75) is 12.6 Å². The van der Waals surface area contributed by atoms with Gasteiger partial charge in [0, 0.05) is 29.9 Å². The summed E-state index contributed by atoms with van der Waals surface area (Å²) < 4.78 is 22.1. The highest BCUT2D eigenvalue weighted by Gasteiger charge is 2.20. The lowest BCUT2D eigenvalue weighted by atomic mass is 10.3. The first kappa shape index (κ1) is 9.42. The molecule has 76 valence electrons. The molecule has 0 amide bonds. The minimum atomic E-state index is -2.96. The number of aromatic nitrogens is 2. The van der Waals surface area contributed by atoms with E-state index in [2.05, 4.69) is 15.5 Å². The molecular weight excluding hydrogens is 202 g/mol. The summed E-state index contributed by atoms with van der Waals surface area (Å²) in [5, 5.41) is 11.0. The van der Waals surface area contributed by atoms with Crippen LogP contribution in [0.15, 0.2) is 23.7 Å². The van der Waals surface area contributed by atoms with Gasteiger partial charge in [-0.15, -0.1) is 0 Å². The molecule has 1 aliphatic rings. The predicted octanol–water partition coefficient (Wildman–Crippen LogP) is -0.190. The molecule has 1 unspecified atom stereocenters. The molecule has 0 bridgehead atoms. The zero-order chi connectivity index (χ0) is 10.0. The zero-order valence-corrected chi connectivity index (χ0v) is 8.29. The molecule has 0 spiro atoms. The monoisotopic (exact) mass is 213 g/mol. The Kier molecular flexibility index (Phi) is 2.39. The highest BCUT2D eigenvalue weighted by molar-refractivity contribution is 7.94. The second-order valence-corrected chi connectivity index (χ2v) is 5.16. The van der Waals surface area contributed by atoms with Crippen LogP contribution in [0.4, 0.5) is 0 Å². The number of rotatable bonds is 3. The summed E-state index contributed by atoms with van der Waals surface area (Å²) in [6.07, 6.45) is 3.34. The van der Waals surface area contributed by atoms with Crippen LogP contribution in [0.2, 0.25) is 0 Å². The van der Waals surface area contributed by atoms with E-state index in [1.165, 1.54) is 5.41 Å². The van der Waals surface area contributed by atoms with Crippen LogP contribution in [0.1, 0.15) is 5.69 Å². The number of nitrogens with zero attached hydrogens (tertiary/aromatic N) is 1. The molecule has 2 heterocycles. The summed E-state index contributed by atoms with van der Waals surface area (Å²) in [6.45, 7) is 0.602. The van der Waals surface area contributed by atoms with Crippen LogP contribution in [-0.2, 0) is 16.4 Å². The van der Waals surface area contributed by atoms with Crippen molar-refractivity contribution in [1.82, 2.24) is 15.5 Å². The maximum absolute atomic E-state index is 11.1. The normalized spacial score (nSPS) is 24.1. The molecule has 0 aromatic carbocycles. The van der Waals surface area contributed by atoms with E-state index in [9.17, 15) is 8.42 Å². The fourth-order valence-corrected chi connectivity index (χ4v) is 2.60. The zero-order valence-electron chi connectivity index (χ0n) is 7.47. The summed E-state index contributed by atoms with van der Waals surface area (Å²) in [7, 11) is -2.96. The van der Waals surface area contributed by atoms with Gasteiger partial charge in [-0.05, 0) is 6.07 Å². The highest BCUT2D eigenvalue weighted by Crippen LogP contribution is 2.08. The van der Waals surface area contributed by atoms with Gasteiger partial charge in [0.25, 0.3) is 0 Å². The molecular formula is C8H11N3O2S. The van der Waals surface area contributed by atoms with Crippen molar-refractivity contribution in [2.24, 2.45) is 0 Å². The summed E-state index contributed by atoms with van der Waals surface area (Å²) in [5.74, 6) is 0.154. The summed E-state index contributed by atoms with van der Waals surface area (Å²) in [6, 6.07) is 1.77. The largest absolute Gasteiger partial charge is 0.304 e. The number of hydrogen-bond acceptors (Lipinski definition) is 4. The van der Waals surface area contributed by atoms with E-state index in [1.54, 1.807) is 12.3 Å². The van der Waals surface area contributed by atoms with Crippen molar-refractivity contribution in [3.05, 3.63) is 29.4 Å². The van der Waals surface area contributed by atoms with Crippen LogP contribution in [0.25, 0.3) is 0 Å². The van der Waals surface area contributed by atoms with Crippen molar-refractivity contribution in [3.8, 4) is 0 Å². The number of aromatic amines is 1. The Morgan fingerprint density at radius 1 is 1.64 bits per heavy atom. The Morgan fingerprint density at radius 3 is 3.07 bits per heavy atom. The molecule has 2 rings (SSSR count). The van der Waals surface area contributed by atoms with Crippen LogP contribution < -0.4 is 5.32 Å². The van der Waals surface area contributed by atoms with Gasteiger partial charge in [-0.2, -0.15) is 5.10 Å². The third-order valence-electron chi connectivity index (χ3n) is 2.04. The molecule has 0 saturated heterocycles. The van der Waals surface area contributed by atoms with Gasteiger partial charge in [-0.3, -0.25) is 5.10 Å². The molecule has 1 aliphatic heterocycles. The van der Waals surface area contributed by atoms with E-state index in [0.29, 0.717) is 6.54 Å². The van der Waals surface area contributed by atoms with Gasteiger partial charge in [0.2, 0.25) is 0 Å². The molecule has 14 heavy (non-hydrogen) atoms. The maximum Gasteiger partial charge on any atom is 0.173 e. The summed E-state index contributed by atoms with van der Waals surface area (Å²) in [4.78, 5) is 0. The molecule has 5 nitrogen and oxygen atoms in total. The molecule has 2 N–H and O–H groups in total. The fourth-order valence-electron chi connectivity index (χ4n) is 1.33. The average molecular weight is 213 g/mol. The summed E-state index contributed by atoms with van der Waals surface area (Å²) in [5.41, 5.74) is 0.947. The van der Waals surface area contributed by atoms with E-state index >= 15 is 0 Å². The number of nitrogens with one attached hydrogen (secondary N) is 2. The van der Waals surface area contributed by atoms with Gasteiger partial charge in [0.05, 0.1) is 5.75 Å². The number of H-pyrrole nitrogens is 1. The van der Waals surface area contributed by atoms with Crippen molar-refractivity contribution < 1.29 is 8.42 Å². The topological polar surface area (TPSA) is 74.8 Å². The van der Waals surface area contributed by atoms with Gasteiger partial charge in [0.15, 0.2) is 9.84 Å². The van der Waals surface area contributed by atoms with Gasteiger partial charge in [0.1, 0.15) is 0 Å². The first-order valence-corrected chi connectivity index (χ1v) is 6.00. The molecule has 1 aromatic rings. The van der Waals surface area contributed by atoms with Crippen molar-refractivity contribution in [3.63, 3.8) is 0 Å². The molecule has 6 heteroatoms. The van der Waals surface area contributed by atoms with Crippen molar-refractivity contribution in [2.75, 3.05) is 5.75 Å². The van der Waals surface area contributed by atoms with E-state index < -0.39 is 9.84 Å². The van der Waals surface area contributed by atoms with Gasteiger partial charge >= 0.3 is 0 Å². The van der Waals surface area contributed by atoms with Gasteiger partial charge in [-0.25, -0.2) is 8.42 Å². The molecule has 1 atom stereocenters. The van der Waals surface area contributed by atoms with Crippen LogP contribution in [0.5, 0.6) is 0 Å². The van der Waals surface area contributed by atoms with Gasteiger partial charge in [-0.1, -0.05) is 6.08 Å².